The lowest BCUT2D eigenvalue weighted by molar-refractivity contribution is 0.186. The number of methoxy groups -OCH3 is 1. The van der Waals surface area contributed by atoms with Gasteiger partial charge < -0.3 is 4.74 Å². The van der Waals surface area contributed by atoms with Crippen molar-refractivity contribution in [1.82, 2.24) is 20.2 Å². The third-order valence-corrected chi connectivity index (χ3v) is 1.99. The Kier molecular flexibility index (Phi) is 4.41. The van der Waals surface area contributed by atoms with Crippen molar-refractivity contribution in [2.45, 2.75) is 20.8 Å². The van der Waals surface area contributed by atoms with Gasteiger partial charge in [0, 0.05) is 0 Å². The van der Waals surface area contributed by atoms with Gasteiger partial charge in [0.1, 0.15) is 5.52 Å². The van der Waals surface area contributed by atoms with E-state index in [4.69, 9.17) is 0 Å². The molecule has 0 bridgehead atoms. The molecular formula is C10H15N5O3. The fraction of sp³-hybridized carbons (Fsp3) is 0.400. The van der Waals surface area contributed by atoms with Crippen LogP contribution in [0.2, 0.25) is 0 Å². The molecule has 0 saturated heterocycles. The van der Waals surface area contributed by atoms with Crippen molar-refractivity contribution in [3.63, 3.8) is 0 Å². The summed E-state index contributed by atoms with van der Waals surface area (Å²) in [7, 11) is 1.22. The van der Waals surface area contributed by atoms with E-state index in [-0.39, 0.29) is 11.5 Å². The lowest BCUT2D eigenvalue weighted by atomic mass is 10.4. The average Bonchev–Trinajstić information content (AvgIpc) is 2.74. The molecule has 2 aromatic rings. The van der Waals surface area contributed by atoms with Crippen molar-refractivity contribution < 1.29 is 9.53 Å². The Bertz CT molecular complexity index is 601. The average molecular weight is 253 g/mol. The lowest BCUT2D eigenvalue weighted by Gasteiger charge is -2.01. The van der Waals surface area contributed by atoms with Gasteiger partial charge in [0.25, 0.3) is 5.56 Å². The van der Waals surface area contributed by atoms with Crippen molar-refractivity contribution in [2.75, 3.05) is 12.4 Å². The minimum absolute atomic E-state index is 0.0221. The molecule has 0 aliphatic carbocycles. The first-order valence-electron chi connectivity index (χ1n) is 5.42. The number of fused-ring (bicyclic) bond motifs is 1. The Labute approximate surface area is 103 Å². The van der Waals surface area contributed by atoms with Crippen molar-refractivity contribution in [1.29, 1.82) is 0 Å². The van der Waals surface area contributed by atoms with E-state index >= 15 is 0 Å². The third-order valence-electron chi connectivity index (χ3n) is 1.99. The zero-order valence-electron chi connectivity index (χ0n) is 10.6. The van der Waals surface area contributed by atoms with Crippen LogP contribution in [0, 0.1) is 6.92 Å². The van der Waals surface area contributed by atoms with Crippen LogP contribution in [-0.2, 0) is 4.74 Å². The van der Waals surface area contributed by atoms with E-state index in [2.05, 4.69) is 30.2 Å². The van der Waals surface area contributed by atoms with Gasteiger partial charge >= 0.3 is 6.09 Å². The van der Waals surface area contributed by atoms with E-state index in [1.54, 1.807) is 6.92 Å². The zero-order chi connectivity index (χ0) is 13.7. The highest BCUT2D eigenvalue weighted by atomic mass is 16.5. The summed E-state index contributed by atoms with van der Waals surface area (Å²) in [6, 6.07) is 0. The molecular weight excluding hydrogens is 238 g/mol. The molecule has 2 aromatic heterocycles. The molecule has 0 radical (unpaired) electrons. The van der Waals surface area contributed by atoms with Crippen LogP contribution in [0.4, 0.5) is 10.7 Å². The number of aromatic nitrogens is 4. The van der Waals surface area contributed by atoms with Crippen molar-refractivity contribution >= 4 is 23.1 Å². The molecule has 2 heterocycles. The van der Waals surface area contributed by atoms with E-state index in [0.717, 1.165) is 0 Å². The summed E-state index contributed by atoms with van der Waals surface area (Å²) < 4.78 is 4.38. The number of aryl methyl sites for hydroxylation is 1. The highest BCUT2D eigenvalue weighted by Crippen LogP contribution is 2.09. The maximum atomic E-state index is 11.5. The lowest BCUT2D eigenvalue weighted by Crippen LogP contribution is -2.18. The van der Waals surface area contributed by atoms with E-state index in [9.17, 15) is 9.59 Å². The van der Waals surface area contributed by atoms with E-state index in [0.29, 0.717) is 11.2 Å². The van der Waals surface area contributed by atoms with Crippen LogP contribution in [0.1, 0.15) is 19.5 Å². The summed E-state index contributed by atoms with van der Waals surface area (Å²) in [6.45, 7) is 5.73. The Morgan fingerprint density at radius 2 is 2.00 bits per heavy atom. The standard InChI is InChI=1S/C8H9N5O3.C2H6/c1-3-4-5(13-12-3)6(14)10-7(9-4)11-8(15)16-2;1-2/h1-2H3,(H,12,13)(H2,9,10,11,14,15);1-2H3. The normalized spacial score (nSPS) is 9.56. The molecule has 0 unspecified atom stereocenters. The quantitative estimate of drug-likeness (QED) is 0.705. The van der Waals surface area contributed by atoms with Crippen LogP contribution in [0.15, 0.2) is 4.79 Å². The summed E-state index contributed by atoms with van der Waals surface area (Å²) in [6.07, 6.45) is -0.705. The molecule has 0 spiro atoms. The van der Waals surface area contributed by atoms with Gasteiger partial charge in [-0.25, -0.2) is 9.78 Å². The first kappa shape index (κ1) is 13.7. The summed E-state index contributed by atoms with van der Waals surface area (Å²) in [5.74, 6) is 0.0221. The van der Waals surface area contributed by atoms with Gasteiger partial charge in [-0.05, 0) is 6.92 Å². The molecule has 8 nitrogen and oxygen atoms in total. The number of rotatable bonds is 1. The second-order valence-corrected chi connectivity index (χ2v) is 3.08. The van der Waals surface area contributed by atoms with Crippen LogP contribution < -0.4 is 10.9 Å². The number of anilines is 1. The summed E-state index contributed by atoms with van der Waals surface area (Å²) in [4.78, 5) is 28.8. The van der Waals surface area contributed by atoms with E-state index in [1.165, 1.54) is 7.11 Å². The molecule has 0 aromatic carbocycles. The Morgan fingerprint density at radius 1 is 1.33 bits per heavy atom. The summed E-state index contributed by atoms with van der Waals surface area (Å²) in [5, 5.41) is 8.69. The third kappa shape index (κ3) is 2.65. The SMILES string of the molecule is CC.COC(=O)Nc1nc2c(C)[nH]nc2c(=O)[nH]1. The Balaban J connectivity index is 0.000000771. The molecule has 18 heavy (non-hydrogen) atoms. The highest BCUT2D eigenvalue weighted by Gasteiger charge is 2.10. The minimum Gasteiger partial charge on any atom is -0.453 e. The predicted molar refractivity (Wildman–Crippen MR) is 66.6 cm³/mol. The Morgan fingerprint density at radius 3 is 2.61 bits per heavy atom. The number of hydrogen-bond donors (Lipinski definition) is 3. The Hall–Kier alpha value is -2.38. The van der Waals surface area contributed by atoms with Crippen LogP contribution in [-0.4, -0.2) is 33.4 Å². The number of amides is 1. The number of hydrogen-bond acceptors (Lipinski definition) is 5. The fourth-order valence-corrected chi connectivity index (χ4v) is 1.23. The first-order valence-corrected chi connectivity index (χ1v) is 5.42. The number of nitrogens with one attached hydrogen (secondary N) is 3. The number of ether oxygens (including phenoxy) is 1. The molecule has 8 heteroatoms. The predicted octanol–water partition coefficient (Wildman–Crippen LogP) is 1.16. The van der Waals surface area contributed by atoms with Crippen LogP contribution in [0.3, 0.4) is 0 Å². The van der Waals surface area contributed by atoms with Crippen molar-refractivity contribution in [2.24, 2.45) is 0 Å². The van der Waals surface area contributed by atoms with Crippen molar-refractivity contribution in [3.05, 3.63) is 16.0 Å². The number of H-pyrrole nitrogens is 2. The molecule has 0 fully saturated rings. The largest absolute Gasteiger partial charge is 0.453 e. The number of carbonyl (C=O) groups is 1. The van der Waals surface area contributed by atoms with Gasteiger partial charge in [-0.15, -0.1) is 0 Å². The number of aromatic amines is 2. The maximum Gasteiger partial charge on any atom is 0.413 e. The van der Waals surface area contributed by atoms with Crippen molar-refractivity contribution in [3.8, 4) is 0 Å². The van der Waals surface area contributed by atoms with Crippen LogP contribution in [0.25, 0.3) is 11.0 Å². The van der Waals surface area contributed by atoms with E-state index < -0.39 is 11.7 Å². The van der Waals surface area contributed by atoms with Gasteiger partial charge in [-0.1, -0.05) is 13.8 Å². The number of nitrogens with zero attached hydrogens (tertiary/aromatic N) is 2. The fourth-order valence-electron chi connectivity index (χ4n) is 1.23. The molecule has 1 amide bonds. The van der Waals surface area contributed by atoms with E-state index in [1.807, 2.05) is 13.8 Å². The number of carbonyl (C=O) groups excluding carboxylic acids is 1. The monoisotopic (exact) mass is 253 g/mol. The first-order chi connectivity index (χ1) is 8.61. The molecule has 0 atom stereocenters. The highest BCUT2D eigenvalue weighted by molar-refractivity contribution is 5.84. The second-order valence-electron chi connectivity index (χ2n) is 3.08. The molecule has 0 aliphatic rings. The van der Waals surface area contributed by atoms with Gasteiger partial charge in [-0.3, -0.25) is 20.2 Å². The smallest absolute Gasteiger partial charge is 0.413 e. The van der Waals surface area contributed by atoms with Gasteiger partial charge in [0.2, 0.25) is 5.95 Å². The second kappa shape index (κ2) is 5.80. The maximum absolute atomic E-state index is 11.5. The van der Waals surface area contributed by atoms with Gasteiger partial charge in [-0.2, -0.15) is 5.10 Å². The molecule has 0 aliphatic heterocycles. The summed E-state index contributed by atoms with van der Waals surface area (Å²) >= 11 is 0. The van der Waals surface area contributed by atoms with Crippen LogP contribution >= 0.6 is 0 Å². The van der Waals surface area contributed by atoms with Crippen LogP contribution in [0.5, 0.6) is 0 Å². The van der Waals surface area contributed by atoms with Gasteiger partial charge in [0.05, 0.1) is 12.8 Å². The topological polar surface area (TPSA) is 113 Å². The molecule has 3 N–H and O–H groups in total. The molecule has 0 saturated carbocycles. The zero-order valence-corrected chi connectivity index (χ0v) is 10.6. The van der Waals surface area contributed by atoms with Gasteiger partial charge in [0.15, 0.2) is 5.52 Å². The molecule has 2 rings (SSSR count). The minimum atomic E-state index is -0.705. The summed E-state index contributed by atoms with van der Waals surface area (Å²) in [5.41, 5.74) is 0.831. The molecule has 98 valence electrons.